The fraction of sp³-hybridized carbons (Fsp3) is 0.571. The van der Waals surface area contributed by atoms with Gasteiger partial charge in [0.1, 0.15) is 5.75 Å². The maximum atomic E-state index is 5.72. The molecule has 1 aliphatic heterocycles. The highest BCUT2D eigenvalue weighted by Crippen LogP contribution is 2.25. The molecule has 1 aromatic carbocycles. The van der Waals surface area contributed by atoms with Gasteiger partial charge in [-0.1, -0.05) is 12.1 Å². The van der Waals surface area contributed by atoms with Gasteiger partial charge in [0.05, 0.1) is 19.8 Å². The summed E-state index contributed by atoms with van der Waals surface area (Å²) in [6.07, 6.45) is 1.27. The predicted octanol–water partition coefficient (Wildman–Crippen LogP) is 1.84. The molecule has 1 aromatic rings. The van der Waals surface area contributed by atoms with E-state index < -0.39 is 0 Å². The van der Waals surface area contributed by atoms with E-state index in [0.717, 1.165) is 31.9 Å². The number of ether oxygens (including phenoxy) is 2. The number of hydrogen-bond donors (Lipinski definition) is 1. The standard InChI is InChI=1S/C14H21NO2/c1-10-6-12(7-11(2)14(10)16-3)8-13-9-15-4-5-17-13/h6-7,13,15H,4-5,8-9H2,1-3H3. The van der Waals surface area contributed by atoms with Gasteiger partial charge < -0.3 is 14.8 Å². The van der Waals surface area contributed by atoms with Crippen molar-refractivity contribution < 1.29 is 9.47 Å². The molecule has 2 rings (SSSR count). The molecule has 3 heteroatoms. The number of morpholine rings is 1. The second kappa shape index (κ2) is 5.52. The van der Waals surface area contributed by atoms with Crippen molar-refractivity contribution in [1.82, 2.24) is 5.32 Å². The molecule has 0 spiro atoms. The Balaban J connectivity index is 2.10. The van der Waals surface area contributed by atoms with Crippen LogP contribution in [0.1, 0.15) is 16.7 Å². The van der Waals surface area contributed by atoms with Crippen LogP contribution in [0.4, 0.5) is 0 Å². The predicted molar refractivity (Wildman–Crippen MR) is 68.8 cm³/mol. The van der Waals surface area contributed by atoms with E-state index in [1.807, 2.05) is 0 Å². The van der Waals surface area contributed by atoms with Crippen molar-refractivity contribution in [3.05, 3.63) is 28.8 Å². The molecular formula is C14H21NO2. The summed E-state index contributed by atoms with van der Waals surface area (Å²) in [5.41, 5.74) is 3.73. The summed E-state index contributed by atoms with van der Waals surface area (Å²) in [4.78, 5) is 0. The Labute approximate surface area is 103 Å². The quantitative estimate of drug-likeness (QED) is 0.867. The normalized spacial score (nSPS) is 20.3. The lowest BCUT2D eigenvalue weighted by atomic mass is 10.0. The number of rotatable bonds is 3. The molecule has 94 valence electrons. The smallest absolute Gasteiger partial charge is 0.124 e. The minimum atomic E-state index is 0.302. The maximum Gasteiger partial charge on any atom is 0.124 e. The van der Waals surface area contributed by atoms with Crippen LogP contribution in [0.2, 0.25) is 0 Å². The van der Waals surface area contributed by atoms with Gasteiger partial charge in [-0.3, -0.25) is 0 Å². The minimum absolute atomic E-state index is 0.302. The first-order chi connectivity index (χ1) is 8.20. The molecule has 1 atom stereocenters. The Bertz CT molecular complexity index is 361. The third-order valence-corrected chi connectivity index (χ3v) is 3.19. The van der Waals surface area contributed by atoms with Crippen LogP contribution in [-0.4, -0.2) is 32.9 Å². The summed E-state index contributed by atoms with van der Waals surface area (Å²) in [6, 6.07) is 4.40. The van der Waals surface area contributed by atoms with Crippen molar-refractivity contribution in [1.29, 1.82) is 0 Å². The number of nitrogens with one attached hydrogen (secondary N) is 1. The summed E-state index contributed by atoms with van der Waals surface area (Å²) in [5, 5.41) is 3.36. The third kappa shape index (κ3) is 2.99. The van der Waals surface area contributed by atoms with Crippen molar-refractivity contribution in [2.24, 2.45) is 0 Å². The molecule has 1 fully saturated rings. The molecule has 1 heterocycles. The van der Waals surface area contributed by atoms with Gasteiger partial charge in [0.25, 0.3) is 0 Å². The Hall–Kier alpha value is -1.06. The monoisotopic (exact) mass is 235 g/mol. The summed E-state index contributed by atoms with van der Waals surface area (Å²) >= 11 is 0. The topological polar surface area (TPSA) is 30.5 Å². The van der Waals surface area contributed by atoms with Crippen LogP contribution in [-0.2, 0) is 11.2 Å². The van der Waals surface area contributed by atoms with E-state index in [4.69, 9.17) is 9.47 Å². The van der Waals surface area contributed by atoms with E-state index in [0.29, 0.717) is 6.10 Å². The number of hydrogen-bond acceptors (Lipinski definition) is 3. The highest BCUT2D eigenvalue weighted by molar-refractivity contribution is 5.43. The Morgan fingerprint density at radius 2 is 2.06 bits per heavy atom. The second-order valence-electron chi connectivity index (χ2n) is 4.66. The van der Waals surface area contributed by atoms with E-state index in [-0.39, 0.29) is 0 Å². The molecule has 0 aromatic heterocycles. The zero-order chi connectivity index (χ0) is 12.3. The first-order valence-corrected chi connectivity index (χ1v) is 6.17. The SMILES string of the molecule is COc1c(C)cc(CC2CNCCO2)cc1C. The Kier molecular flexibility index (Phi) is 4.02. The molecule has 0 bridgehead atoms. The molecule has 0 radical (unpaired) electrons. The summed E-state index contributed by atoms with van der Waals surface area (Å²) < 4.78 is 11.1. The van der Waals surface area contributed by atoms with E-state index in [1.54, 1.807) is 7.11 Å². The van der Waals surface area contributed by atoms with Gasteiger partial charge in [0, 0.05) is 13.1 Å². The summed E-state index contributed by atoms with van der Waals surface area (Å²) in [6.45, 7) is 6.92. The molecule has 0 saturated carbocycles. The third-order valence-electron chi connectivity index (χ3n) is 3.19. The van der Waals surface area contributed by atoms with Crippen LogP contribution in [0.15, 0.2) is 12.1 Å². The maximum absolute atomic E-state index is 5.72. The van der Waals surface area contributed by atoms with Gasteiger partial charge in [0.2, 0.25) is 0 Å². The molecule has 1 unspecified atom stereocenters. The van der Waals surface area contributed by atoms with E-state index in [9.17, 15) is 0 Å². The van der Waals surface area contributed by atoms with Crippen molar-refractivity contribution >= 4 is 0 Å². The van der Waals surface area contributed by atoms with Crippen LogP contribution < -0.4 is 10.1 Å². The molecule has 3 nitrogen and oxygen atoms in total. The molecule has 1 aliphatic rings. The van der Waals surface area contributed by atoms with Gasteiger partial charge in [-0.25, -0.2) is 0 Å². The van der Waals surface area contributed by atoms with Crippen molar-refractivity contribution in [2.75, 3.05) is 26.8 Å². The lowest BCUT2D eigenvalue weighted by Gasteiger charge is -2.24. The number of aryl methyl sites for hydroxylation is 2. The van der Waals surface area contributed by atoms with Crippen LogP contribution in [0, 0.1) is 13.8 Å². The highest BCUT2D eigenvalue weighted by Gasteiger charge is 2.15. The van der Waals surface area contributed by atoms with Crippen molar-refractivity contribution in [3.63, 3.8) is 0 Å². The van der Waals surface area contributed by atoms with E-state index >= 15 is 0 Å². The molecule has 0 amide bonds. The first kappa shape index (κ1) is 12.4. The summed E-state index contributed by atoms with van der Waals surface area (Å²) in [7, 11) is 1.73. The van der Waals surface area contributed by atoms with E-state index in [1.165, 1.54) is 16.7 Å². The number of benzene rings is 1. The molecule has 1 N–H and O–H groups in total. The Morgan fingerprint density at radius 3 is 2.59 bits per heavy atom. The molecule has 0 aliphatic carbocycles. The Morgan fingerprint density at radius 1 is 1.35 bits per heavy atom. The van der Waals surface area contributed by atoms with E-state index in [2.05, 4.69) is 31.3 Å². The van der Waals surface area contributed by atoms with Crippen LogP contribution in [0.5, 0.6) is 5.75 Å². The molecular weight excluding hydrogens is 214 g/mol. The molecule has 1 saturated heterocycles. The average Bonchev–Trinajstić information content (AvgIpc) is 2.30. The molecule has 17 heavy (non-hydrogen) atoms. The van der Waals surface area contributed by atoms with Gasteiger partial charge in [-0.05, 0) is 37.0 Å². The van der Waals surface area contributed by atoms with Gasteiger partial charge in [-0.15, -0.1) is 0 Å². The lowest BCUT2D eigenvalue weighted by molar-refractivity contribution is 0.0292. The van der Waals surface area contributed by atoms with Crippen LogP contribution >= 0.6 is 0 Å². The fourth-order valence-corrected chi connectivity index (χ4v) is 2.49. The van der Waals surface area contributed by atoms with Crippen molar-refractivity contribution in [3.8, 4) is 5.75 Å². The van der Waals surface area contributed by atoms with Gasteiger partial charge in [-0.2, -0.15) is 0 Å². The summed E-state index contributed by atoms with van der Waals surface area (Å²) in [5.74, 6) is 0.997. The fourth-order valence-electron chi connectivity index (χ4n) is 2.49. The van der Waals surface area contributed by atoms with Crippen molar-refractivity contribution in [2.45, 2.75) is 26.4 Å². The van der Waals surface area contributed by atoms with Gasteiger partial charge in [0.15, 0.2) is 0 Å². The highest BCUT2D eigenvalue weighted by atomic mass is 16.5. The number of methoxy groups -OCH3 is 1. The first-order valence-electron chi connectivity index (χ1n) is 6.17. The minimum Gasteiger partial charge on any atom is -0.496 e. The van der Waals surface area contributed by atoms with Crippen LogP contribution in [0.3, 0.4) is 0 Å². The largest absolute Gasteiger partial charge is 0.496 e. The zero-order valence-corrected chi connectivity index (χ0v) is 10.9. The van der Waals surface area contributed by atoms with Crippen LogP contribution in [0.25, 0.3) is 0 Å². The average molecular weight is 235 g/mol. The van der Waals surface area contributed by atoms with Gasteiger partial charge >= 0.3 is 0 Å². The second-order valence-corrected chi connectivity index (χ2v) is 4.66. The zero-order valence-electron chi connectivity index (χ0n) is 10.9. The lowest BCUT2D eigenvalue weighted by Crippen LogP contribution is -2.39.